The van der Waals surface area contributed by atoms with Crippen molar-refractivity contribution in [2.45, 2.75) is 26.6 Å². The standard InChI is InChI=1S/C20H20N2O3S/c1-15(23)21-12-16-6-8-17(9-7-16)20(24)22(13-18-4-2-10-25-18)14-19-5-3-11-26-19/h2-11H,12-14H2,1H3,(H,21,23). The minimum Gasteiger partial charge on any atom is -0.467 e. The molecule has 2 aromatic heterocycles. The van der Waals surface area contributed by atoms with Crippen molar-refractivity contribution in [3.63, 3.8) is 0 Å². The zero-order valence-corrected chi connectivity index (χ0v) is 15.3. The topological polar surface area (TPSA) is 62.6 Å². The number of benzene rings is 1. The molecule has 3 aromatic rings. The Morgan fingerprint density at radius 1 is 1.08 bits per heavy atom. The predicted octanol–water partition coefficient (Wildman–Crippen LogP) is 3.82. The van der Waals surface area contributed by atoms with Crippen LogP contribution in [0.4, 0.5) is 0 Å². The Kier molecular flexibility index (Phi) is 5.86. The fourth-order valence-electron chi connectivity index (χ4n) is 2.56. The lowest BCUT2D eigenvalue weighted by Gasteiger charge is -2.21. The number of hydrogen-bond acceptors (Lipinski definition) is 4. The van der Waals surface area contributed by atoms with Gasteiger partial charge in [-0.15, -0.1) is 11.3 Å². The van der Waals surface area contributed by atoms with E-state index in [0.717, 1.165) is 16.2 Å². The van der Waals surface area contributed by atoms with E-state index in [2.05, 4.69) is 5.32 Å². The quantitative estimate of drug-likeness (QED) is 0.690. The molecule has 26 heavy (non-hydrogen) atoms. The third kappa shape index (κ3) is 4.83. The Morgan fingerprint density at radius 2 is 1.88 bits per heavy atom. The third-order valence-corrected chi connectivity index (χ3v) is 4.74. The van der Waals surface area contributed by atoms with Crippen LogP contribution in [0.2, 0.25) is 0 Å². The van der Waals surface area contributed by atoms with Gasteiger partial charge in [-0.3, -0.25) is 9.59 Å². The zero-order chi connectivity index (χ0) is 18.4. The summed E-state index contributed by atoms with van der Waals surface area (Å²) in [6.45, 7) is 2.88. The van der Waals surface area contributed by atoms with Gasteiger partial charge in [-0.1, -0.05) is 18.2 Å². The molecule has 134 valence electrons. The van der Waals surface area contributed by atoms with Crippen LogP contribution in [0.1, 0.15) is 33.5 Å². The van der Waals surface area contributed by atoms with Gasteiger partial charge in [-0.05, 0) is 41.3 Å². The molecule has 0 saturated heterocycles. The maximum atomic E-state index is 13.0. The molecule has 0 radical (unpaired) electrons. The molecule has 0 aliphatic rings. The highest BCUT2D eigenvalue weighted by Crippen LogP contribution is 2.18. The molecular weight excluding hydrogens is 348 g/mol. The largest absolute Gasteiger partial charge is 0.467 e. The molecule has 0 aliphatic carbocycles. The molecule has 0 bridgehead atoms. The molecule has 0 aliphatic heterocycles. The number of furan rings is 1. The molecule has 0 atom stereocenters. The molecule has 5 nitrogen and oxygen atoms in total. The summed E-state index contributed by atoms with van der Waals surface area (Å²) in [5, 5.41) is 4.75. The Labute approximate surface area is 156 Å². The van der Waals surface area contributed by atoms with Gasteiger partial charge in [0.25, 0.3) is 5.91 Å². The summed E-state index contributed by atoms with van der Waals surface area (Å²) in [6.07, 6.45) is 1.61. The summed E-state index contributed by atoms with van der Waals surface area (Å²) in [4.78, 5) is 26.9. The molecule has 0 fully saturated rings. The molecule has 1 aromatic carbocycles. The van der Waals surface area contributed by atoms with Gasteiger partial charge < -0.3 is 14.6 Å². The van der Waals surface area contributed by atoms with E-state index in [4.69, 9.17) is 4.42 Å². The summed E-state index contributed by atoms with van der Waals surface area (Å²) in [6, 6.07) is 15.0. The minimum atomic E-state index is -0.0780. The smallest absolute Gasteiger partial charge is 0.254 e. The van der Waals surface area contributed by atoms with E-state index in [9.17, 15) is 9.59 Å². The second-order valence-corrected chi connectivity index (χ2v) is 6.96. The monoisotopic (exact) mass is 368 g/mol. The lowest BCUT2D eigenvalue weighted by Crippen LogP contribution is -2.29. The van der Waals surface area contributed by atoms with Crippen LogP contribution in [0.25, 0.3) is 0 Å². The van der Waals surface area contributed by atoms with Crippen LogP contribution in [0, 0.1) is 0 Å². The van der Waals surface area contributed by atoms with Gasteiger partial charge in [-0.2, -0.15) is 0 Å². The van der Waals surface area contributed by atoms with E-state index in [0.29, 0.717) is 25.2 Å². The molecule has 0 spiro atoms. The van der Waals surface area contributed by atoms with Crippen LogP contribution in [0.15, 0.2) is 64.6 Å². The first-order chi connectivity index (χ1) is 12.6. The number of carbonyl (C=O) groups excluding carboxylic acids is 2. The van der Waals surface area contributed by atoms with Crippen LogP contribution in [0.3, 0.4) is 0 Å². The first-order valence-electron chi connectivity index (χ1n) is 8.29. The van der Waals surface area contributed by atoms with Crippen LogP contribution >= 0.6 is 11.3 Å². The number of rotatable bonds is 7. The maximum absolute atomic E-state index is 13.0. The molecule has 2 amide bonds. The first kappa shape index (κ1) is 17.9. The average molecular weight is 368 g/mol. The minimum absolute atomic E-state index is 0.0547. The van der Waals surface area contributed by atoms with E-state index in [1.165, 1.54) is 6.92 Å². The molecule has 3 rings (SSSR count). The van der Waals surface area contributed by atoms with Crippen molar-refractivity contribution in [3.8, 4) is 0 Å². The summed E-state index contributed by atoms with van der Waals surface area (Å²) in [5.41, 5.74) is 1.56. The summed E-state index contributed by atoms with van der Waals surface area (Å²) >= 11 is 1.62. The number of hydrogen-bond donors (Lipinski definition) is 1. The van der Waals surface area contributed by atoms with Crippen molar-refractivity contribution in [2.75, 3.05) is 0 Å². The van der Waals surface area contributed by atoms with Crippen molar-refractivity contribution in [1.82, 2.24) is 10.2 Å². The maximum Gasteiger partial charge on any atom is 0.254 e. The molecule has 0 saturated carbocycles. The summed E-state index contributed by atoms with van der Waals surface area (Å²) < 4.78 is 5.41. The van der Waals surface area contributed by atoms with Gasteiger partial charge in [0, 0.05) is 23.9 Å². The second-order valence-electron chi connectivity index (χ2n) is 5.93. The molecule has 2 heterocycles. The fraction of sp³-hybridized carbons (Fsp3) is 0.200. The molecule has 6 heteroatoms. The number of amides is 2. The molecule has 0 unspecified atom stereocenters. The second kappa shape index (κ2) is 8.49. The highest BCUT2D eigenvalue weighted by molar-refractivity contribution is 7.09. The van der Waals surface area contributed by atoms with Gasteiger partial charge >= 0.3 is 0 Å². The molecule has 1 N–H and O–H groups in total. The Balaban J connectivity index is 1.74. The van der Waals surface area contributed by atoms with Crippen molar-refractivity contribution in [3.05, 3.63) is 81.9 Å². The lowest BCUT2D eigenvalue weighted by molar-refractivity contribution is -0.119. The number of thiophene rings is 1. The van der Waals surface area contributed by atoms with Gasteiger partial charge in [0.15, 0.2) is 0 Å². The summed E-state index contributed by atoms with van der Waals surface area (Å²) in [5.74, 6) is 0.615. The van der Waals surface area contributed by atoms with Crippen LogP contribution in [-0.4, -0.2) is 16.7 Å². The normalized spacial score (nSPS) is 10.5. The molecular formula is C20H20N2O3S. The van der Waals surface area contributed by atoms with Crippen molar-refractivity contribution >= 4 is 23.2 Å². The van der Waals surface area contributed by atoms with Crippen LogP contribution < -0.4 is 5.32 Å². The lowest BCUT2D eigenvalue weighted by atomic mass is 10.1. The van der Waals surface area contributed by atoms with Gasteiger partial charge in [0.05, 0.1) is 19.4 Å². The highest BCUT2D eigenvalue weighted by atomic mass is 32.1. The van der Waals surface area contributed by atoms with E-state index in [1.54, 1.807) is 34.6 Å². The third-order valence-electron chi connectivity index (χ3n) is 3.88. The number of nitrogens with zero attached hydrogens (tertiary/aromatic N) is 1. The Bertz CT molecular complexity index is 804. The SMILES string of the molecule is CC(=O)NCc1ccc(C(=O)N(Cc2ccco2)Cc2cccs2)cc1. The van der Waals surface area contributed by atoms with E-state index >= 15 is 0 Å². The summed E-state index contributed by atoms with van der Waals surface area (Å²) in [7, 11) is 0. The van der Waals surface area contributed by atoms with Crippen LogP contribution in [-0.2, 0) is 24.4 Å². The van der Waals surface area contributed by atoms with Crippen molar-refractivity contribution in [2.24, 2.45) is 0 Å². The zero-order valence-electron chi connectivity index (χ0n) is 14.5. The van der Waals surface area contributed by atoms with Gasteiger partial charge in [0.1, 0.15) is 5.76 Å². The Hall–Kier alpha value is -2.86. The predicted molar refractivity (Wildman–Crippen MR) is 101 cm³/mol. The highest BCUT2D eigenvalue weighted by Gasteiger charge is 2.18. The van der Waals surface area contributed by atoms with Gasteiger partial charge in [0.2, 0.25) is 5.91 Å². The number of nitrogens with one attached hydrogen (secondary N) is 1. The van der Waals surface area contributed by atoms with Crippen LogP contribution in [0.5, 0.6) is 0 Å². The van der Waals surface area contributed by atoms with Crippen molar-refractivity contribution < 1.29 is 14.0 Å². The number of carbonyl (C=O) groups is 2. The van der Waals surface area contributed by atoms with Crippen molar-refractivity contribution in [1.29, 1.82) is 0 Å². The van der Waals surface area contributed by atoms with Gasteiger partial charge in [-0.25, -0.2) is 0 Å². The van der Waals surface area contributed by atoms with E-state index in [-0.39, 0.29) is 11.8 Å². The first-order valence-corrected chi connectivity index (χ1v) is 9.17. The fourth-order valence-corrected chi connectivity index (χ4v) is 3.27. The Morgan fingerprint density at radius 3 is 2.50 bits per heavy atom. The van der Waals surface area contributed by atoms with E-state index in [1.807, 2.05) is 41.8 Å². The van der Waals surface area contributed by atoms with E-state index < -0.39 is 0 Å². The average Bonchev–Trinajstić information content (AvgIpc) is 3.33.